The second kappa shape index (κ2) is 9.40. The SMILES string of the molecule is [2H]c1cccc2c1oc1c3ccccc3c3c(c21)N(c1nc(-c2ccccc2)c2ccccc2n1)Oc1c-3cc2ccccc2c1C([2H])([2H])[2H]. The normalized spacial score (nSPS) is 14.1. The molecule has 9 aromatic rings. The van der Waals surface area contributed by atoms with Crippen LogP contribution in [0.15, 0.2) is 138 Å². The summed E-state index contributed by atoms with van der Waals surface area (Å²) in [7, 11) is 0. The Kier molecular flexibility index (Phi) is 4.39. The lowest BCUT2D eigenvalue weighted by Gasteiger charge is -2.33. The monoisotopic (exact) mass is 595 g/mol. The Bertz CT molecular complexity index is 2870. The molecule has 0 saturated carbocycles. The van der Waals surface area contributed by atoms with Gasteiger partial charge in [0.2, 0.25) is 0 Å². The Morgan fingerprint density at radius 3 is 2.28 bits per heavy atom. The number of hydrogen-bond acceptors (Lipinski definition) is 5. The first-order valence-electron chi connectivity index (χ1n) is 17.1. The summed E-state index contributed by atoms with van der Waals surface area (Å²) < 4.78 is 41.6. The Labute approximate surface area is 269 Å². The summed E-state index contributed by atoms with van der Waals surface area (Å²) in [6.45, 7) is -2.52. The summed E-state index contributed by atoms with van der Waals surface area (Å²) in [5.74, 6) is 0.444. The van der Waals surface area contributed by atoms with Crippen molar-refractivity contribution in [1.82, 2.24) is 9.97 Å². The highest BCUT2D eigenvalue weighted by Crippen LogP contribution is 2.55. The number of furan rings is 1. The van der Waals surface area contributed by atoms with E-state index in [0.717, 1.165) is 43.4 Å². The minimum atomic E-state index is -2.52. The third-order valence-electron chi connectivity index (χ3n) is 8.91. The highest BCUT2D eigenvalue weighted by molar-refractivity contribution is 6.27. The van der Waals surface area contributed by atoms with Gasteiger partial charge in [0.05, 0.1) is 18.0 Å². The van der Waals surface area contributed by atoms with E-state index >= 15 is 0 Å². The smallest absolute Gasteiger partial charge is 0.265 e. The zero-order valence-electron chi connectivity index (χ0n) is 28.3. The molecule has 0 N–H and O–H groups in total. The van der Waals surface area contributed by atoms with Crippen molar-refractivity contribution in [2.24, 2.45) is 0 Å². The molecule has 5 heteroatoms. The molecule has 3 heterocycles. The molecule has 0 radical (unpaired) electrons. The summed E-state index contributed by atoms with van der Waals surface area (Å²) in [5, 5.41) is 6.91. The van der Waals surface area contributed by atoms with Crippen molar-refractivity contribution in [3.8, 4) is 28.1 Å². The van der Waals surface area contributed by atoms with E-state index in [4.69, 9.17) is 24.7 Å². The van der Waals surface area contributed by atoms with Crippen molar-refractivity contribution >= 4 is 66.0 Å². The maximum atomic E-state index is 8.77. The van der Waals surface area contributed by atoms with Crippen molar-refractivity contribution in [2.45, 2.75) is 6.85 Å². The zero-order chi connectivity index (χ0) is 33.7. The standard InChI is InChI=1S/C41H25N3O2/c1-24-27-16-6-5-15-26(27)23-32-35-28-17-7-8-18-29(28)40-36(31-20-10-12-22-34(31)45-40)38(35)44(46-39(24)32)41-42-33-21-11-9-19-30(33)37(43-41)25-13-3-2-4-14-25/h2-23H,1H3/i1D3,22D. The van der Waals surface area contributed by atoms with E-state index in [1.165, 1.54) is 0 Å². The average molecular weight is 596 g/mol. The lowest BCUT2D eigenvalue weighted by atomic mass is 9.88. The van der Waals surface area contributed by atoms with Gasteiger partial charge in [-0.2, -0.15) is 0 Å². The summed E-state index contributed by atoms with van der Waals surface area (Å²) in [5.41, 5.74) is 5.46. The maximum absolute atomic E-state index is 8.77. The predicted octanol–water partition coefficient (Wildman–Crippen LogP) is 10.9. The molecule has 46 heavy (non-hydrogen) atoms. The van der Waals surface area contributed by atoms with E-state index < -0.39 is 6.85 Å². The van der Waals surface area contributed by atoms with Crippen molar-refractivity contribution in [3.63, 3.8) is 0 Å². The highest BCUT2D eigenvalue weighted by atomic mass is 16.7. The van der Waals surface area contributed by atoms with Gasteiger partial charge in [0.1, 0.15) is 16.9 Å². The molecule has 0 aliphatic carbocycles. The lowest BCUT2D eigenvalue weighted by molar-refractivity contribution is 0.314. The molecule has 10 rings (SSSR count). The van der Waals surface area contributed by atoms with E-state index in [9.17, 15) is 0 Å². The molecule has 0 unspecified atom stereocenters. The summed E-state index contributed by atoms with van der Waals surface area (Å²) in [6, 6.07) is 40.9. The molecule has 1 aliphatic heterocycles. The summed E-state index contributed by atoms with van der Waals surface area (Å²) in [6.07, 6.45) is 0. The molecule has 1 aliphatic rings. The minimum absolute atomic E-state index is 0.111. The van der Waals surface area contributed by atoms with Gasteiger partial charge in [0, 0.05) is 42.5 Å². The van der Waals surface area contributed by atoms with Gasteiger partial charge in [-0.1, -0.05) is 115 Å². The number of hydrogen-bond donors (Lipinski definition) is 0. The topological polar surface area (TPSA) is 51.4 Å². The molecular weight excluding hydrogens is 566 g/mol. The predicted molar refractivity (Wildman–Crippen MR) is 187 cm³/mol. The Morgan fingerprint density at radius 2 is 1.41 bits per heavy atom. The van der Waals surface area contributed by atoms with Crippen LogP contribution in [0.2, 0.25) is 0 Å². The van der Waals surface area contributed by atoms with Crippen LogP contribution in [0, 0.1) is 6.85 Å². The Hall–Kier alpha value is -6.20. The van der Waals surface area contributed by atoms with Gasteiger partial charge in [-0.25, -0.2) is 9.97 Å². The van der Waals surface area contributed by atoms with E-state index in [1.807, 2.05) is 121 Å². The third-order valence-corrected chi connectivity index (χ3v) is 8.91. The molecule has 5 nitrogen and oxygen atoms in total. The van der Waals surface area contributed by atoms with Crippen LogP contribution in [-0.4, -0.2) is 9.97 Å². The van der Waals surface area contributed by atoms with Crippen LogP contribution in [0.4, 0.5) is 11.6 Å². The van der Waals surface area contributed by atoms with Gasteiger partial charge in [0.25, 0.3) is 5.95 Å². The summed E-state index contributed by atoms with van der Waals surface area (Å²) >= 11 is 0. The minimum Gasteiger partial charge on any atom is -0.455 e. The van der Waals surface area contributed by atoms with Gasteiger partial charge < -0.3 is 9.25 Å². The molecule has 2 aromatic heterocycles. The number of para-hydroxylation sites is 2. The van der Waals surface area contributed by atoms with Crippen molar-refractivity contribution in [1.29, 1.82) is 0 Å². The van der Waals surface area contributed by atoms with E-state index in [-0.39, 0.29) is 23.3 Å². The lowest BCUT2D eigenvalue weighted by Crippen LogP contribution is -2.28. The van der Waals surface area contributed by atoms with Crippen LogP contribution < -0.4 is 9.90 Å². The molecule has 0 saturated heterocycles. The first-order valence-corrected chi connectivity index (χ1v) is 15.1. The molecular formula is C41H25N3O2. The third kappa shape index (κ3) is 3.45. The largest absolute Gasteiger partial charge is 0.455 e. The van der Waals surface area contributed by atoms with Gasteiger partial charge in [-0.3, -0.25) is 0 Å². The van der Waals surface area contributed by atoms with E-state index in [2.05, 4.69) is 0 Å². The maximum Gasteiger partial charge on any atom is 0.265 e. The Morgan fingerprint density at radius 1 is 0.696 bits per heavy atom. The van der Waals surface area contributed by atoms with Gasteiger partial charge in [-0.05, 0) is 41.2 Å². The number of rotatable bonds is 2. The Balaban J connectivity index is 1.42. The zero-order valence-corrected chi connectivity index (χ0v) is 24.3. The van der Waals surface area contributed by atoms with Gasteiger partial charge in [0.15, 0.2) is 5.75 Å². The molecule has 216 valence electrons. The van der Waals surface area contributed by atoms with Crippen LogP contribution in [-0.2, 0) is 0 Å². The molecule has 0 spiro atoms. The second-order valence-electron chi connectivity index (χ2n) is 11.5. The number of aryl methyl sites for hydroxylation is 1. The van der Waals surface area contributed by atoms with Crippen LogP contribution in [0.25, 0.3) is 76.8 Å². The quantitative estimate of drug-likeness (QED) is 0.199. The molecule has 0 atom stereocenters. The fourth-order valence-corrected chi connectivity index (χ4v) is 6.89. The molecule has 0 amide bonds. The van der Waals surface area contributed by atoms with Crippen LogP contribution in [0.5, 0.6) is 5.75 Å². The van der Waals surface area contributed by atoms with Crippen molar-refractivity contribution < 1.29 is 14.7 Å². The number of anilines is 2. The fourth-order valence-electron chi connectivity index (χ4n) is 6.89. The van der Waals surface area contributed by atoms with Gasteiger partial charge >= 0.3 is 0 Å². The van der Waals surface area contributed by atoms with Gasteiger partial charge in [-0.15, -0.1) is 5.06 Å². The number of benzene rings is 7. The van der Waals surface area contributed by atoms with Crippen molar-refractivity contribution in [2.75, 3.05) is 5.06 Å². The second-order valence-corrected chi connectivity index (χ2v) is 11.5. The first-order chi connectivity index (χ1) is 24.4. The molecule has 7 aromatic carbocycles. The molecule has 0 bridgehead atoms. The van der Waals surface area contributed by atoms with E-state index in [1.54, 1.807) is 11.1 Å². The van der Waals surface area contributed by atoms with Crippen molar-refractivity contribution in [3.05, 3.63) is 139 Å². The molecule has 0 fully saturated rings. The fraction of sp³-hybridized carbons (Fsp3) is 0.0244. The summed E-state index contributed by atoms with van der Waals surface area (Å²) in [4.78, 5) is 17.1. The van der Waals surface area contributed by atoms with Crippen LogP contribution >= 0.6 is 0 Å². The average Bonchev–Trinajstić information content (AvgIpc) is 3.54. The first kappa shape index (κ1) is 21.5. The number of aromatic nitrogens is 2. The highest BCUT2D eigenvalue weighted by Gasteiger charge is 2.35. The number of nitrogens with zero attached hydrogens (tertiary/aromatic N) is 3. The van der Waals surface area contributed by atoms with Crippen LogP contribution in [0.3, 0.4) is 0 Å². The van der Waals surface area contributed by atoms with E-state index in [0.29, 0.717) is 39.0 Å². The number of fused-ring (bicyclic) bond motifs is 12. The van der Waals surface area contributed by atoms with Crippen LogP contribution in [0.1, 0.15) is 11.0 Å².